The highest BCUT2D eigenvalue weighted by molar-refractivity contribution is 6.30. The molecule has 2 aliphatic heterocycles. The summed E-state index contributed by atoms with van der Waals surface area (Å²) in [5.74, 6) is 0.217. The molecule has 0 aliphatic carbocycles. The zero-order valence-corrected chi connectivity index (χ0v) is 14.2. The van der Waals surface area contributed by atoms with E-state index in [1.807, 2.05) is 17.0 Å². The summed E-state index contributed by atoms with van der Waals surface area (Å²) in [5, 5.41) is 0.632. The number of likely N-dealkylation sites (tertiary alicyclic amines) is 1. The lowest BCUT2D eigenvalue weighted by molar-refractivity contribution is -0.131. The van der Waals surface area contributed by atoms with Gasteiger partial charge in [-0.05, 0) is 37.8 Å². The number of carbonyl (C=O) groups is 1. The zero-order valence-electron chi connectivity index (χ0n) is 13.4. The number of hydrogen-bond acceptors (Lipinski definition) is 4. The molecular formula is C17H24ClN3O2. The van der Waals surface area contributed by atoms with Crippen LogP contribution < -0.4 is 0 Å². The number of amides is 1. The first-order valence-electron chi connectivity index (χ1n) is 8.43. The van der Waals surface area contributed by atoms with Gasteiger partial charge in [-0.2, -0.15) is 0 Å². The number of carbonyl (C=O) groups excluding carboxylic acids is 1. The zero-order chi connectivity index (χ0) is 16.1. The summed E-state index contributed by atoms with van der Waals surface area (Å²) in [6, 6.07) is 3.77. The van der Waals surface area contributed by atoms with Gasteiger partial charge in [0.2, 0.25) is 5.91 Å². The van der Waals surface area contributed by atoms with Crippen LogP contribution in [0.5, 0.6) is 0 Å². The molecule has 1 atom stereocenters. The third kappa shape index (κ3) is 4.90. The minimum Gasteiger partial charge on any atom is -0.377 e. The molecule has 2 aliphatic rings. The predicted molar refractivity (Wildman–Crippen MR) is 89.3 cm³/mol. The van der Waals surface area contributed by atoms with Gasteiger partial charge in [-0.3, -0.25) is 14.7 Å². The average molecular weight is 338 g/mol. The van der Waals surface area contributed by atoms with Crippen molar-refractivity contribution in [1.82, 2.24) is 14.8 Å². The fraction of sp³-hybridized carbons (Fsp3) is 0.647. The lowest BCUT2D eigenvalue weighted by Crippen LogP contribution is -2.41. The Labute approximate surface area is 142 Å². The number of aromatic nitrogens is 1. The number of nitrogens with zero attached hydrogens (tertiary/aromatic N) is 3. The van der Waals surface area contributed by atoms with Gasteiger partial charge >= 0.3 is 0 Å². The van der Waals surface area contributed by atoms with Crippen LogP contribution in [-0.4, -0.2) is 59.6 Å². The lowest BCUT2D eigenvalue weighted by atomic mass is 10.2. The Kier molecular flexibility index (Phi) is 5.86. The summed E-state index contributed by atoms with van der Waals surface area (Å²) in [6.07, 6.45) is 6.31. The molecule has 3 heterocycles. The fourth-order valence-corrected chi connectivity index (χ4v) is 3.36. The van der Waals surface area contributed by atoms with Crippen molar-refractivity contribution >= 4 is 17.5 Å². The van der Waals surface area contributed by atoms with Crippen LogP contribution in [0, 0.1) is 0 Å². The molecule has 0 radical (unpaired) electrons. The Morgan fingerprint density at radius 1 is 1.35 bits per heavy atom. The van der Waals surface area contributed by atoms with E-state index in [2.05, 4.69) is 9.88 Å². The smallest absolute Gasteiger partial charge is 0.236 e. The summed E-state index contributed by atoms with van der Waals surface area (Å²) >= 11 is 5.90. The van der Waals surface area contributed by atoms with Gasteiger partial charge in [-0.25, -0.2) is 0 Å². The van der Waals surface area contributed by atoms with Gasteiger partial charge in [0.05, 0.1) is 23.4 Å². The van der Waals surface area contributed by atoms with Crippen LogP contribution in [0.15, 0.2) is 18.3 Å². The summed E-state index contributed by atoms with van der Waals surface area (Å²) in [6.45, 7) is 4.49. The third-order valence-corrected chi connectivity index (χ3v) is 4.70. The first-order chi connectivity index (χ1) is 11.2. The molecule has 6 heteroatoms. The molecule has 2 saturated heterocycles. The molecule has 0 spiro atoms. The Bertz CT molecular complexity index is 511. The normalized spacial score (nSPS) is 21.3. The average Bonchev–Trinajstić information content (AvgIpc) is 3.22. The van der Waals surface area contributed by atoms with E-state index in [4.69, 9.17) is 16.3 Å². The van der Waals surface area contributed by atoms with Gasteiger partial charge in [0.25, 0.3) is 0 Å². The summed E-state index contributed by atoms with van der Waals surface area (Å²) in [4.78, 5) is 21.0. The Morgan fingerprint density at radius 3 is 2.83 bits per heavy atom. The monoisotopic (exact) mass is 337 g/mol. The molecule has 2 fully saturated rings. The quantitative estimate of drug-likeness (QED) is 0.799. The Balaban J connectivity index is 1.62. The van der Waals surface area contributed by atoms with Gasteiger partial charge < -0.3 is 9.64 Å². The highest BCUT2D eigenvalue weighted by Gasteiger charge is 2.24. The van der Waals surface area contributed by atoms with Gasteiger partial charge in [0.15, 0.2) is 0 Å². The predicted octanol–water partition coefficient (Wildman–Crippen LogP) is 2.34. The van der Waals surface area contributed by atoms with Crippen molar-refractivity contribution in [1.29, 1.82) is 0 Å². The van der Waals surface area contributed by atoms with E-state index in [0.717, 1.165) is 57.6 Å². The molecule has 1 amide bonds. The van der Waals surface area contributed by atoms with Crippen LogP contribution >= 0.6 is 11.6 Å². The van der Waals surface area contributed by atoms with Crippen LogP contribution in [0.4, 0.5) is 0 Å². The van der Waals surface area contributed by atoms with E-state index in [1.54, 1.807) is 6.20 Å². The molecule has 126 valence electrons. The maximum absolute atomic E-state index is 12.5. The van der Waals surface area contributed by atoms with E-state index in [1.165, 1.54) is 0 Å². The summed E-state index contributed by atoms with van der Waals surface area (Å²) in [5.41, 5.74) is 0.932. The second-order valence-electron chi connectivity index (χ2n) is 6.36. The topological polar surface area (TPSA) is 45.7 Å². The van der Waals surface area contributed by atoms with E-state index >= 15 is 0 Å². The number of hydrogen-bond donors (Lipinski definition) is 0. The van der Waals surface area contributed by atoms with Crippen molar-refractivity contribution in [2.45, 2.75) is 38.3 Å². The van der Waals surface area contributed by atoms with Gasteiger partial charge in [-0.15, -0.1) is 0 Å². The number of pyridine rings is 1. The highest BCUT2D eigenvalue weighted by atomic mass is 35.5. The molecule has 23 heavy (non-hydrogen) atoms. The molecule has 1 aromatic rings. The molecular weight excluding hydrogens is 314 g/mol. The van der Waals surface area contributed by atoms with Gasteiger partial charge in [-0.1, -0.05) is 11.6 Å². The molecule has 0 N–H and O–H groups in total. The van der Waals surface area contributed by atoms with E-state index in [0.29, 0.717) is 18.1 Å². The van der Waals surface area contributed by atoms with Crippen molar-refractivity contribution < 1.29 is 9.53 Å². The van der Waals surface area contributed by atoms with Gasteiger partial charge in [0.1, 0.15) is 0 Å². The molecule has 0 saturated carbocycles. The SMILES string of the molecule is O=C(CN(Cc1ccc(Cl)cn1)CC1CCCO1)N1CCCC1. The summed E-state index contributed by atoms with van der Waals surface area (Å²) < 4.78 is 5.74. The Morgan fingerprint density at radius 2 is 2.17 bits per heavy atom. The number of halogens is 1. The van der Waals surface area contributed by atoms with E-state index < -0.39 is 0 Å². The largest absolute Gasteiger partial charge is 0.377 e. The van der Waals surface area contributed by atoms with E-state index in [-0.39, 0.29) is 12.0 Å². The summed E-state index contributed by atoms with van der Waals surface area (Å²) in [7, 11) is 0. The molecule has 0 aromatic carbocycles. The Hall–Kier alpha value is -1.17. The third-order valence-electron chi connectivity index (χ3n) is 4.48. The number of ether oxygens (including phenoxy) is 1. The van der Waals surface area contributed by atoms with Crippen LogP contribution in [-0.2, 0) is 16.1 Å². The van der Waals surface area contributed by atoms with Crippen molar-refractivity contribution in [3.05, 3.63) is 29.0 Å². The second kappa shape index (κ2) is 8.08. The standard InChI is InChI=1S/C17H24ClN3O2/c18-14-5-6-15(19-10-14)11-20(12-16-4-3-9-23-16)13-17(22)21-7-1-2-8-21/h5-6,10,16H,1-4,7-9,11-13H2. The minimum atomic E-state index is 0.217. The maximum Gasteiger partial charge on any atom is 0.236 e. The molecule has 0 bridgehead atoms. The van der Waals surface area contributed by atoms with Crippen LogP contribution in [0.2, 0.25) is 5.02 Å². The molecule has 5 nitrogen and oxygen atoms in total. The minimum absolute atomic E-state index is 0.217. The molecule has 1 unspecified atom stereocenters. The van der Waals surface area contributed by atoms with Crippen molar-refractivity contribution in [3.8, 4) is 0 Å². The maximum atomic E-state index is 12.5. The first kappa shape index (κ1) is 16.7. The second-order valence-corrected chi connectivity index (χ2v) is 6.80. The van der Waals surface area contributed by atoms with Gasteiger partial charge in [0, 0.05) is 39.0 Å². The first-order valence-corrected chi connectivity index (χ1v) is 8.80. The lowest BCUT2D eigenvalue weighted by Gasteiger charge is -2.26. The van der Waals surface area contributed by atoms with Crippen LogP contribution in [0.1, 0.15) is 31.4 Å². The van der Waals surface area contributed by atoms with Crippen LogP contribution in [0.3, 0.4) is 0 Å². The van der Waals surface area contributed by atoms with E-state index in [9.17, 15) is 4.79 Å². The number of rotatable bonds is 6. The van der Waals surface area contributed by atoms with Crippen LogP contribution in [0.25, 0.3) is 0 Å². The highest BCUT2D eigenvalue weighted by Crippen LogP contribution is 2.16. The van der Waals surface area contributed by atoms with Crippen molar-refractivity contribution in [3.63, 3.8) is 0 Å². The fourth-order valence-electron chi connectivity index (χ4n) is 3.25. The van der Waals surface area contributed by atoms with Crippen molar-refractivity contribution in [2.75, 3.05) is 32.8 Å². The van der Waals surface area contributed by atoms with Crippen molar-refractivity contribution in [2.24, 2.45) is 0 Å². The molecule has 1 aromatic heterocycles. The molecule has 3 rings (SSSR count).